The minimum Gasteiger partial charge on any atom is -0.309 e. The van der Waals surface area contributed by atoms with Crippen LogP contribution in [0.15, 0.2) is 127 Å². The van der Waals surface area contributed by atoms with Gasteiger partial charge in [0.15, 0.2) is 17.5 Å². The van der Waals surface area contributed by atoms with E-state index in [0.717, 1.165) is 50.1 Å². The first kappa shape index (κ1) is 63.2. The second kappa shape index (κ2) is 21.0. The Labute approximate surface area is 506 Å². The molecule has 10 aromatic rings. The lowest BCUT2D eigenvalue weighted by Crippen LogP contribution is -2.17. The standard InChI is InChI=1S/C77H93N5.2CH4/c1-70(2,3)48-25-30-62-57(41-48)58-42-49(71(4,5)6)26-31-63(58)81(62)56-29-34-66(82-64-32-27-50(72(7,8)9)43-59(64)60-44-51(73(10,11)12)28-33-65(60)82)61(45-56)69-79-67(46-35-52(74(13,14)15)39-53(36-46)75(16,17)18)78-68(80-69)47-37-54(76(19,20)21)40-55(38-47)77(22,23)24;;/h25-45H,1-24H3;2*1H4. The summed E-state index contributed by atoms with van der Waals surface area (Å²) < 4.78 is 4.96. The second-order valence-electron chi connectivity index (χ2n) is 32.2. The van der Waals surface area contributed by atoms with E-state index in [4.69, 9.17) is 15.0 Å². The fourth-order valence-corrected chi connectivity index (χ4v) is 11.5. The van der Waals surface area contributed by atoms with Crippen LogP contribution in [0.2, 0.25) is 0 Å². The van der Waals surface area contributed by atoms with Gasteiger partial charge in [-0.05, 0) is 179 Å². The molecule has 0 saturated heterocycles. The van der Waals surface area contributed by atoms with Gasteiger partial charge in [0.1, 0.15) is 0 Å². The van der Waals surface area contributed by atoms with Gasteiger partial charge in [-0.15, -0.1) is 0 Å². The van der Waals surface area contributed by atoms with Crippen molar-refractivity contribution in [3.63, 3.8) is 0 Å². The summed E-state index contributed by atoms with van der Waals surface area (Å²) in [6.07, 6.45) is 0. The summed E-state index contributed by atoms with van der Waals surface area (Å²) >= 11 is 0. The molecule has 0 radical (unpaired) electrons. The highest BCUT2D eigenvalue weighted by Gasteiger charge is 2.29. The zero-order valence-electron chi connectivity index (χ0n) is 54.4. The third kappa shape index (κ3) is 11.9. The van der Waals surface area contributed by atoms with Gasteiger partial charge in [-0.25, -0.2) is 15.0 Å². The predicted octanol–water partition coefficient (Wildman–Crippen LogP) is 22.7. The molecule has 5 heteroatoms. The minimum absolute atomic E-state index is 0. The Hall–Kier alpha value is -6.85. The van der Waals surface area contributed by atoms with Crippen molar-refractivity contribution in [3.8, 4) is 45.5 Å². The Kier molecular flexibility index (Phi) is 15.8. The largest absolute Gasteiger partial charge is 0.309 e. The van der Waals surface area contributed by atoms with Crippen molar-refractivity contribution in [3.05, 3.63) is 172 Å². The fourth-order valence-electron chi connectivity index (χ4n) is 11.5. The van der Waals surface area contributed by atoms with Gasteiger partial charge in [0.05, 0.1) is 27.8 Å². The molecule has 3 aromatic heterocycles. The van der Waals surface area contributed by atoms with Crippen LogP contribution in [-0.2, 0) is 43.3 Å². The van der Waals surface area contributed by atoms with Crippen LogP contribution in [0.3, 0.4) is 0 Å². The lowest BCUT2D eigenvalue weighted by Gasteiger charge is -2.26. The van der Waals surface area contributed by atoms with E-state index in [2.05, 4.69) is 303 Å². The smallest absolute Gasteiger partial charge is 0.166 e. The molecular weight excluding hydrogens is 1020 g/mol. The van der Waals surface area contributed by atoms with Gasteiger partial charge in [0.2, 0.25) is 0 Å². The topological polar surface area (TPSA) is 48.5 Å². The highest BCUT2D eigenvalue weighted by molar-refractivity contribution is 6.11. The van der Waals surface area contributed by atoms with E-state index in [-0.39, 0.29) is 58.2 Å². The summed E-state index contributed by atoms with van der Waals surface area (Å²) in [5, 5.41) is 4.96. The van der Waals surface area contributed by atoms with Gasteiger partial charge in [-0.3, -0.25) is 0 Å². The van der Waals surface area contributed by atoms with Gasteiger partial charge in [-0.2, -0.15) is 0 Å². The maximum Gasteiger partial charge on any atom is 0.166 e. The van der Waals surface area contributed by atoms with Gasteiger partial charge in [-0.1, -0.05) is 217 Å². The number of aromatic nitrogens is 5. The molecule has 0 aliphatic heterocycles. The molecule has 0 bridgehead atoms. The Balaban J connectivity index is 0.00000460. The van der Waals surface area contributed by atoms with E-state index >= 15 is 0 Å². The first-order valence-corrected chi connectivity index (χ1v) is 30.1. The molecule has 0 spiro atoms. The number of nitrogens with zero attached hydrogens (tertiary/aromatic N) is 5. The average Bonchev–Trinajstić information content (AvgIpc) is 1.62. The number of fused-ring (bicyclic) bond motifs is 6. The molecule has 7 aromatic carbocycles. The molecule has 442 valence electrons. The second-order valence-corrected chi connectivity index (χ2v) is 32.2. The molecule has 0 fully saturated rings. The van der Waals surface area contributed by atoms with E-state index in [9.17, 15) is 0 Å². The SMILES string of the molecule is C.C.CC(C)(C)c1cc(-c2nc(-c3cc(C(C)(C)C)cc(C(C)(C)C)c3)nc(-c3cc(-n4c5ccc(C(C)(C)C)cc5c5cc(C(C)(C)C)ccc54)ccc3-n3c4ccc(C(C)(C)C)cc4c4cc(C(C)(C)C)ccc43)n2)cc(C(C)(C)C)c1. The molecule has 0 saturated carbocycles. The first-order valence-electron chi connectivity index (χ1n) is 30.1. The predicted molar refractivity (Wildman–Crippen MR) is 368 cm³/mol. The average molecular weight is 1120 g/mol. The van der Waals surface area contributed by atoms with Gasteiger partial charge >= 0.3 is 0 Å². The molecule has 5 nitrogen and oxygen atoms in total. The highest BCUT2D eigenvalue weighted by atomic mass is 15.1. The zero-order chi connectivity index (χ0) is 60.0. The van der Waals surface area contributed by atoms with Crippen molar-refractivity contribution in [2.75, 3.05) is 0 Å². The van der Waals surface area contributed by atoms with Crippen LogP contribution in [0.5, 0.6) is 0 Å². The molecule has 3 heterocycles. The molecule has 0 atom stereocenters. The molecule has 0 aliphatic rings. The molecule has 0 N–H and O–H groups in total. The van der Waals surface area contributed by atoms with E-state index in [0.29, 0.717) is 17.5 Å². The van der Waals surface area contributed by atoms with E-state index < -0.39 is 0 Å². The fraction of sp³-hybridized carbons (Fsp3) is 0.430. The molecule has 10 rings (SSSR count). The van der Waals surface area contributed by atoms with Crippen molar-refractivity contribution in [2.24, 2.45) is 0 Å². The summed E-state index contributed by atoms with van der Waals surface area (Å²) in [6, 6.07) is 49.5. The van der Waals surface area contributed by atoms with Crippen molar-refractivity contribution in [1.82, 2.24) is 24.1 Å². The van der Waals surface area contributed by atoms with Crippen molar-refractivity contribution < 1.29 is 0 Å². The quantitative estimate of drug-likeness (QED) is 0.173. The summed E-state index contributed by atoms with van der Waals surface area (Å²) in [5.74, 6) is 1.92. The van der Waals surface area contributed by atoms with Gasteiger partial charge < -0.3 is 9.13 Å². The van der Waals surface area contributed by atoms with Crippen LogP contribution in [-0.4, -0.2) is 24.1 Å². The summed E-state index contributed by atoms with van der Waals surface area (Å²) in [4.78, 5) is 17.2. The summed E-state index contributed by atoms with van der Waals surface area (Å²) in [5.41, 5.74) is 19.1. The lowest BCUT2D eigenvalue weighted by atomic mass is 9.79. The van der Waals surface area contributed by atoms with Crippen molar-refractivity contribution in [2.45, 2.75) is 224 Å². The van der Waals surface area contributed by atoms with Crippen LogP contribution in [0.4, 0.5) is 0 Å². The molecule has 0 aliphatic carbocycles. The zero-order valence-corrected chi connectivity index (χ0v) is 54.4. The number of hydrogen-bond donors (Lipinski definition) is 0. The van der Waals surface area contributed by atoms with Crippen LogP contribution >= 0.6 is 0 Å². The Bertz CT molecular complexity index is 3850. The third-order valence-electron chi connectivity index (χ3n) is 17.2. The van der Waals surface area contributed by atoms with Crippen molar-refractivity contribution >= 4 is 43.6 Å². The van der Waals surface area contributed by atoms with Crippen LogP contribution in [0.1, 0.15) is 226 Å². The number of benzene rings is 7. The Morgan fingerprint density at radius 2 is 0.512 bits per heavy atom. The number of rotatable bonds is 5. The Morgan fingerprint density at radius 1 is 0.250 bits per heavy atom. The van der Waals surface area contributed by atoms with E-state index in [1.54, 1.807) is 0 Å². The third-order valence-corrected chi connectivity index (χ3v) is 17.2. The maximum atomic E-state index is 5.79. The number of hydrogen-bond acceptors (Lipinski definition) is 3. The normalized spacial score (nSPS) is 13.3. The molecule has 84 heavy (non-hydrogen) atoms. The monoisotopic (exact) mass is 1120 g/mol. The van der Waals surface area contributed by atoms with Gasteiger partial charge in [0, 0.05) is 43.9 Å². The van der Waals surface area contributed by atoms with Gasteiger partial charge in [0.25, 0.3) is 0 Å². The minimum atomic E-state index is -0.126. The highest BCUT2D eigenvalue weighted by Crippen LogP contribution is 2.44. The van der Waals surface area contributed by atoms with Crippen LogP contribution in [0.25, 0.3) is 89.2 Å². The first-order chi connectivity index (χ1) is 37.7. The lowest BCUT2D eigenvalue weighted by molar-refractivity contribution is 0.568. The molecule has 0 amide bonds. The summed E-state index contributed by atoms with van der Waals surface area (Å²) in [7, 11) is 0. The van der Waals surface area contributed by atoms with Crippen LogP contribution < -0.4 is 0 Å². The van der Waals surface area contributed by atoms with Crippen molar-refractivity contribution in [1.29, 1.82) is 0 Å². The Morgan fingerprint density at radius 3 is 0.786 bits per heavy atom. The molecule has 0 unspecified atom stereocenters. The summed E-state index contributed by atoms with van der Waals surface area (Å²) in [6.45, 7) is 55.4. The van der Waals surface area contributed by atoms with Crippen LogP contribution in [0, 0.1) is 0 Å². The molecular formula is C79H101N5. The van der Waals surface area contributed by atoms with E-state index in [1.165, 1.54) is 66.1 Å². The van der Waals surface area contributed by atoms with E-state index in [1.807, 2.05) is 0 Å². The maximum absolute atomic E-state index is 5.79.